The van der Waals surface area contributed by atoms with Crippen molar-refractivity contribution in [1.29, 1.82) is 0 Å². The Bertz CT molecular complexity index is 1360. The normalized spacial score (nSPS) is 15.0. The van der Waals surface area contributed by atoms with Crippen LogP contribution in [0, 0.1) is 0 Å². The average Bonchev–Trinajstić information content (AvgIpc) is 3.48. The zero-order chi connectivity index (χ0) is 28.3. The predicted molar refractivity (Wildman–Crippen MR) is 114 cm³/mol. The number of rotatable bonds is 5. The number of nitrogens with one attached hydrogen (secondary N) is 1. The van der Waals surface area contributed by atoms with Crippen LogP contribution in [0.3, 0.4) is 0 Å². The van der Waals surface area contributed by atoms with E-state index in [1.807, 2.05) is 0 Å². The van der Waals surface area contributed by atoms with Crippen molar-refractivity contribution in [3.8, 4) is 16.8 Å². The van der Waals surface area contributed by atoms with Crippen molar-refractivity contribution in [2.75, 3.05) is 0 Å². The molecular formula is C23H14ClF10N3O. The molecule has 2 aromatic carbocycles. The molecule has 0 bridgehead atoms. The minimum Gasteiger partial charge on any atom is -0.349 e. The highest BCUT2D eigenvalue weighted by atomic mass is 35.5. The third kappa shape index (κ3) is 5.05. The van der Waals surface area contributed by atoms with Gasteiger partial charge >= 0.3 is 24.2 Å². The number of alkyl halides is 10. The molecule has 0 atom stereocenters. The van der Waals surface area contributed by atoms with E-state index in [1.54, 1.807) is 0 Å². The second-order valence-electron chi connectivity index (χ2n) is 8.50. The van der Waals surface area contributed by atoms with E-state index >= 15 is 0 Å². The van der Waals surface area contributed by atoms with Gasteiger partial charge in [0, 0.05) is 23.4 Å². The van der Waals surface area contributed by atoms with Crippen LogP contribution in [-0.4, -0.2) is 34.1 Å². The first-order valence-corrected chi connectivity index (χ1v) is 11.0. The fraction of sp³-hybridized carbons (Fsp3) is 0.304. The van der Waals surface area contributed by atoms with Crippen molar-refractivity contribution in [3.63, 3.8) is 0 Å². The summed E-state index contributed by atoms with van der Waals surface area (Å²) in [5.41, 5.74) is -10.8. The average molecular weight is 574 g/mol. The third-order valence-electron chi connectivity index (χ3n) is 5.77. The van der Waals surface area contributed by atoms with E-state index in [4.69, 9.17) is 11.6 Å². The Morgan fingerprint density at radius 2 is 1.53 bits per heavy atom. The van der Waals surface area contributed by atoms with E-state index in [9.17, 15) is 48.7 Å². The van der Waals surface area contributed by atoms with Crippen LogP contribution in [0.1, 0.15) is 34.3 Å². The minimum absolute atomic E-state index is 0.00600. The molecule has 204 valence electrons. The lowest BCUT2D eigenvalue weighted by molar-refractivity contribution is -0.348. The highest BCUT2D eigenvalue weighted by molar-refractivity contribution is 6.34. The summed E-state index contributed by atoms with van der Waals surface area (Å²) in [7, 11) is 0. The standard InChI is InChI=1S/C23H14ClF10N3O/c24-17-5-1-11(7-15(17)19(38)36-14-3-4-14)12-9-35-37(10-12)18-6-2-13(8-16(18)21(26,27)28)20(25,22(29,30)31)23(32,33)34/h1-2,5-10,14H,3-4H2,(H,36,38). The lowest BCUT2D eigenvalue weighted by atomic mass is 9.92. The summed E-state index contributed by atoms with van der Waals surface area (Å²) in [6.07, 6.45) is -15.0. The molecule has 1 aromatic heterocycles. The quantitative estimate of drug-likeness (QED) is 0.324. The third-order valence-corrected chi connectivity index (χ3v) is 6.10. The molecule has 1 aliphatic carbocycles. The van der Waals surface area contributed by atoms with E-state index in [0.717, 1.165) is 25.2 Å². The smallest absolute Gasteiger partial charge is 0.349 e. The van der Waals surface area contributed by atoms with E-state index in [-0.39, 0.29) is 39.9 Å². The number of aromatic nitrogens is 2. The van der Waals surface area contributed by atoms with Gasteiger partial charge in [0.2, 0.25) is 0 Å². The van der Waals surface area contributed by atoms with E-state index in [1.165, 1.54) is 18.2 Å². The van der Waals surface area contributed by atoms with Crippen molar-refractivity contribution in [2.24, 2.45) is 0 Å². The fourth-order valence-electron chi connectivity index (χ4n) is 3.64. The minimum atomic E-state index is -6.59. The van der Waals surface area contributed by atoms with E-state index < -0.39 is 53.0 Å². The first-order chi connectivity index (χ1) is 17.4. The van der Waals surface area contributed by atoms with Gasteiger partial charge in [-0.15, -0.1) is 0 Å². The van der Waals surface area contributed by atoms with Crippen LogP contribution in [0.25, 0.3) is 16.8 Å². The van der Waals surface area contributed by atoms with Crippen molar-refractivity contribution < 1.29 is 48.7 Å². The number of hydrogen-bond acceptors (Lipinski definition) is 2. The van der Waals surface area contributed by atoms with E-state index in [2.05, 4.69) is 10.4 Å². The van der Waals surface area contributed by atoms with Gasteiger partial charge in [-0.2, -0.15) is 44.6 Å². The van der Waals surface area contributed by atoms with Crippen LogP contribution in [0.15, 0.2) is 48.8 Å². The molecule has 1 fully saturated rings. The molecule has 0 aliphatic heterocycles. The zero-order valence-corrected chi connectivity index (χ0v) is 19.3. The maximum Gasteiger partial charge on any atom is 0.435 e. The molecule has 1 saturated carbocycles. The van der Waals surface area contributed by atoms with Gasteiger partial charge in [0.1, 0.15) is 0 Å². The van der Waals surface area contributed by atoms with E-state index in [0.29, 0.717) is 4.68 Å². The number of benzene rings is 2. The van der Waals surface area contributed by atoms with Crippen molar-refractivity contribution in [2.45, 2.75) is 43.1 Å². The number of amides is 1. The molecular weight excluding hydrogens is 560 g/mol. The number of carbonyl (C=O) groups excluding carboxylic acids is 1. The molecule has 1 amide bonds. The molecule has 3 aromatic rings. The Morgan fingerprint density at radius 1 is 0.895 bits per heavy atom. The summed E-state index contributed by atoms with van der Waals surface area (Å²) in [4.78, 5) is 12.4. The predicted octanol–water partition coefficient (Wildman–Crippen LogP) is 7.39. The van der Waals surface area contributed by atoms with Crippen molar-refractivity contribution >= 4 is 17.5 Å². The van der Waals surface area contributed by atoms with Crippen LogP contribution in [0.2, 0.25) is 5.02 Å². The Kier molecular flexibility index (Phi) is 6.69. The highest BCUT2D eigenvalue weighted by Gasteiger charge is 2.73. The molecule has 0 unspecified atom stereocenters. The molecule has 0 saturated heterocycles. The fourth-order valence-corrected chi connectivity index (χ4v) is 3.84. The van der Waals surface area contributed by atoms with Crippen LogP contribution in [0.5, 0.6) is 0 Å². The molecule has 4 rings (SSSR count). The van der Waals surface area contributed by atoms with Gasteiger partial charge in [-0.25, -0.2) is 9.07 Å². The first kappa shape index (κ1) is 27.7. The van der Waals surface area contributed by atoms with Gasteiger partial charge in [0.05, 0.1) is 28.0 Å². The maximum absolute atomic E-state index is 14.4. The second-order valence-corrected chi connectivity index (χ2v) is 8.91. The van der Waals surface area contributed by atoms with Gasteiger partial charge in [-0.1, -0.05) is 23.7 Å². The highest BCUT2D eigenvalue weighted by Crippen LogP contribution is 2.54. The zero-order valence-electron chi connectivity index (χ0n) is 18.6. The second kappa shape index (κ2) is 9.17. The van der Waals surface area contributed by atoms with Crippen LogP contribution >= 0.6 is 11.6 Å². The number of hydrogen-bond donors (Lipinski definition) is 1. The Hall–Kier alpha value is -3.29. The molecule has 15 heteroatoms. The first-order valence-electron chi connectivity index (χ1n) is 10.6. The van der Waals surface area contributed by atoms with Gasteiger partial charge in [0.25, 0.3) is 5.91 Å². The molecule has 1 aliphatic rings. The summed E-state index contributed by atoms with van der Waals surface area (Å²) in [6.45, 7) is 0. The summed E-state index contributed by atoms with van der Waals surface area (Å²) in [6, 6.07) is 3.83. The van der Waals surface area contributed by atoms with Crippen molar-refractivity contribution in [3.05, 3.63) is 70.5 Å². The van der Waals surface area contributed by atoms with Gasteiger partial charge in [-0.05, 0) is 42.7 Å². The maximum atomic E-state index is 14.4. The molecule has 4 nitrogen and oxygen atoms in total. The number of nitrogens with zero attached hydrogens (tertiary/aromatic N) is 2. The van der Waals surface area contributed by atoms with Crippen LogP contribution in [0.4, 0.5) is 43.9 Å². The number of carbonyl (C=O) groups is 1. The largest absolute Gasteiger partial charge is 0.435 e. The molecule has 0 spiro atoms. The number of halogens is 11. The summed E-state index contributed by atoms with van der Waals surface area (Å²) >= 11 is 6.07. The summed E-state index contributed by atoms with van der Waals surface area (Å²) < 4.78 is 135. The lowest BCUT2D eigenvalue weighted by Crippen LogP contribution is -2.50. The Labute approximate surface area is 212 Å². The van der Waals surface area contributed by atoms with Gasteiger partial charge in [-0.3, -0.25) is 4.79 Å². The van der Waals surface area contributed by atoms with Gasteiger partial charge in [0.15, 0.2) is 0 Å². The SMILES string of the molecule is O=C(NC1CC1)c1cc(-c2cnn(-c3ccc(C(F)(C(F)(F)F)C(F)(F)F)cc3C(F)(F)F)c2)ccc1Cl. The summed E-state index contributed by atoms with van der Waals surface area (Å²) in [5.74, 6) is -0.481. The Balaban J connectivity index is 1.77. The molecule has 1 heterocycles. The Morgan fingerprint density at radius 3 is 2.08 bits per heavy atom. The monoisotopic (exact) mass is 573 g/mol. The lowest BCUT2D eigenvalue weighted by Gasteiger charge is -2.31. The molecule has 0 radical (unpaired) electrons. The topological polar surface area (TPSA) is 46.9 Å². The molecule has 1 N–H and O–H groups in total. The molecule has 38 heavy (non-hydrogen) atoms. The van der Waals surface area contributed by atoms with Crippen molar-refractivity contribution in [1.82, 2.24) is 15.1 Å². The van der Waals surface area contributed by atoms with Crippen LogP contribution < -0.4 is 5.32 Å². The summed E-state index contributed by atoms with van der Waals surface area (Å²) in [5, 5.41) is 6.55. The van der Waals surface area contributed by atoms with Gasteiger partial charge < -0.3 is 5.32 Å². The van der Waals surface area contributed by atoms with Crippen LogP contribution in [-0.2, 0) is 11.8 Å².